The minimum absolute atomic E-state index is 0.0323. The van der Waals surface area contributed by atoms with Crippen LogP contribution in [0.4, 0.5) is 5.82 Å². The molecule has 0 saturated heterocycles. The Morgan fingerprint density at radius 3 is 2.53 bits per heavy atom. The van der Waals surface area contributed by atoms with Gasteiger partial charge < -0.3 is 14.5 Å². The quantitative estimate of drug-likeness (QED) is 0.570. The lowest BCUT2D eigenvalue weighted by atomic mass is 10.2. The fourth-order valence-corrected chi connectivity index (χ4v) is 2.57. The molecule has 7 nitrogen and oxygen atoms in total. The molecule has 7 heteroatoms. The monoisotopic (exact) mass is 403 g/mol. The number of pyridine rings is 1. The van der Waals surface area contributed by atoms with Gasteiger partial charge in [0.25, 0.3) is 0 Å². The predicted octanol–water partition coefficient (Wildman–Crippen LogP) is 3.75. The third-order valence-electron chi connectivity index (χ3n) is 4.54. The van der Waals surface area contributed by atoms with E-state index in [1.165, 1.54) is 0 Å². The van der Waals surface area contributed by atoms with Gasteiger partial charge in [0, 0.05) is 40.3 Å². The summed E-state index contributed by atoms with van der Waals surface area (Å²) >= 11 is 0. The summed E-state index contributed by atoms with van der Waals surface area (Å²) in [5, 5.41) is 0. The van der Waals surface area contributed by atoms with Crippen LogP contribution in [0.5, 0.6) is 11.6 Å². The number of ether oxygens (including phenoxy) is 1. The number of carbonyl (C=O) groups is 1. The van der Waals surface area contributed by atoms with E-state index in [4.69, 9.17) is 4.74 Å². The van der Waals surface area contributed by atoms with Crippen molar-refractivity contribution in [2.75, 3.05) is 32.1 Å². The first kappa shape index (κ1) is 21.0. The van der Waals surface area contributed by atoms with Crippen LogP contribution in [0.25, 0.3) is 12.2 Å². The fourth-order valence-electron chi connectivity index (χ4n) is 2.57. The lowest BCUT2D eigenvalue weighted by Gasteiger charge is -2.22. The number of hydrogen-bond acceptors (Lipinski definition) is 6. The molecular formula is C23H25N5O2. The fraction of sp³-hybridized carbons (Fsp3) is 0.217. The van der Waals surface area contributed by atoms with E-state index in [1.807, 2.05) is 66.6 Å². The Balaban J connectivity index is 1.60. The van der Waals surface area contributed by atoms with Crippen LogP contribution in [-0.2, 0) is 4.79 Å². The standard InChI is InChI=1S/C23H25N5O2/c1-18(29)27(2)14-15-28(3)22-16-24-17-23(26-22)30-21-11-8-19(9-12-21)7-10-20-6-4-5-13-25-20/h4-13,16-17H,14-15H2,1-3H3/b10-7+. The first-order valence-corrected chi connectivity index (χ1v) is 9.63. The summed E-state index contributed by atoms with van der Waals surface area (Å²) in [7, 11) is 3.68. The van der Waals surface area contributed by atoms with Crippen LogP contribution in [0, 0.1) is 0 Å². The van der Waals surface area contributed by atoms with Gasteiger partial charge in [-0.3, -0.25) is 14.8 Å². The van der Waals surface area contributed by atoms with Crippen LogP contribution in [-0.4, -0.2) is 52.9 Å². The lowest BCUT2D eigenvalue weighted by Crippen LogP contribution is -2.33. The van der Waals surface area contributed by atoms with E-state index in [0.29, 0.717) is 30.5 Å². The van der Waals surface area contributed by atoms with Crippen molar-refractivity contribution in [1.29, 1.82) is 0 Å². The summed E-state index contributed by atoms with van der Waals surface area (Å²) in [5.74, 6) is 1.80. The summed E-state index contributed by atoms with van der Waals surface area (Å²) in [5.41, 5.74) is 1.95. The molecule has 0 saturated carbocycles. The summed E-state index contributed by atoms with van der Waals surface area (Å²) in [4.78, 5) is 27.9. The highest BCUT2D eigenvalue weighted by molar-refractivity contribution is 5.72. The normalized spacial score (nSPS) is 10.8. The van der Waals surface area contributed by atoms with Crippen molar-refractivity contribution in [3.63, 3.8) is 0 Å². The zero-order valence-electron chi connectivity index (χ0n) is 17.4. The largest absolute Gasteiger partial charge is 0.437 e. The maximum absolute atomic E-state index is 11.3. The van der Waals surface area contributed by atoms with E-state index < -0.39 is 0 Å². The van der Waals surface area contributed by atoms with Gasteiger partial charge in [0.2, 0.25) is 11.8 Å². The van der Waals surface area contributed by atoms with Crippen molar-refractivity contribution in [1.82, 2.24) is 19.9 Å². The molecule has 0 fully saturated rings. The van der Waals surface area contributed by atoms with Crippen LogP contribution < -0.4 is 9.64 Å². The maximum Gasteiger partial charge on any atom is 0.239 e. The molecule has 0 spiro atoms. The van der Waals surface area contributed by atoms with Gasteiger partial charge in [-0.2, -0.15) is 4.98 Å². The molecule has 0 bridgehead atoms. The van der Waals surface area contributed by atoms with Crippen LogP contribution in [0.3, 0.4) is 0 Å². The lowest BCUT2D eigenvalue weighted by molar-refractivity contribution is -0.127. The topological polar surface area (TPSA) is 71.5 Å². The summed E-state index contributed by atoms with van der Waals surface area (Å²) in [6, 6.07) is 13.5. The van der Waals surface area contributed by atoms with Crippen LogP contribution >= 0.6 is 0 Å². The zero-order valence-corrected chi connectivity index (χ0v) is 17.4. The van der Waals surface area contributed by atoms with E-state index in [9.17, 15) is 4.79 Å². The average Bonchev–Trinajstić information content (AvgIpc) is 2.77. The van der Waals surface area contributed by atoms with Crippen molar-refractivity contribution >= 4 is 23.9 Å². The molecule has 0 aliphatic heterocycles. The van der Waals surface area contributed by atoms with Gasteiger partial charge in [-0.05, 0) is 35.9 Å². The second kappa shape index (κ2) is 10.2. The van der Waals surface area contributed by atoms with Gasteiger partial charge >= 0.3 is 0 Å². The number of anilines is 1. The van der Waals surface area contributed by atoms with Gasteiger partial charge in [-0.1, -0.05) is 24.3 Å². The summed E-state index contributed by atoms with van der Waals surface area (Å²) in [6.07, 6.45) is 8.98. The smallest absolute Gasteiger partial charge is 0.239 e. The first-order valence-electron chi connectivity index (χ1n) is 9.63. The van der Waals surface area contributed by atoms with Gasteiger partial charge in [0.05, 0.1) is 18.1 Å². The molecule has 2 heterocycles. The summed E-state index contributed by atoms with van der Waals surface area (Å²) < 4.78 is 5.85. The van der Waals surface area contributed by atoms with Crippen LogP contribution in [0.15, 0.2) is 61.1 Å². The highest BCUT2D eigenvalue weighted by Gasteiger charge is 2.08. The van der Waals surface area contributed by atoms with E-state index in [1.54, 1.807) is 37.5 Å². The van der Waals surface area contributed by atoms with Gasteiger partial charge in [-0.25, -0.2) is 0 Å². The Morgan fingerprint density at radius 1 is 1.03 bits per heavy atom. The van der Waals surface area contributed by atoms with Crippen molar-refractivity contribution in [2.24, 2.45) is 0 Å². The van der Waals surface area contributed by atoms with Crippen LogP contribution in [0.1, 0.15) is 18.2 Å². The van der Waals surface area contributed by atoms with Crippen LogP contribution in [0.2, 0.25) is 0 Å². The van der Waals surface area contributed by atoms with Crippen molar-refractivity contribution in [3.05, 3.63) is 72.3 Å². The third-order valence-corrected chi connectivity index (χ3v) is 4.54. The molecular weight excluding hydrogens is 378 g/mol. The molecule has 1 aromatic carbocycles. The Labute approximate surface area is 176 Å². The second-order valence-electron chi connectivity index (χ2n) is 6.84. The molecule has 30 heavy (non-hydrogen) atoms. The minimum Gasteiger partial charge on any atom is -0.437 e. The first-order chi connectivity index (χ1) is 14.5. The van der Waals surface area contributed by atoms with Gasteiger partial charge in [-0.15, -0.1) is 0 Å². The number of benzene rings is 1. The molecule has 0 radical (unpaired) electrons. The Morgan fingerprint density at radius 2 is 1.83 bits per heavy atom. The van der Waals surface area contributed by atoms with E-state index in [2.05, 4.69) is 15.0 Å². The number of amides is 1. The van der Waals surface area contributed by atoms with Gasteiger partial charge in [0.1, 0.15) is 5.75 Å². The number of nitrogens with zero attached hydrogens (tertiary/aromatic N) is 5. The molecule has 3 aromatic rings. The van der Waals surface area contributed by atoms with E-state index in [-0.39, 0.29) is 5.91 Å². The molecule has 0 atom stereocenters. The SMILES string of the molecule is CC(=O)N(C)CCN(C)c1cncc(Oc2ccc(/C=C/c3ccccn3)cc2)n1. The van der Waals surface area contributed by atoms with E-state index >= 15 is 0 Å². The Hall–Kier alpha value is -3.74. The molecule has 0 aliphatic carbocycles. The molecule has 0 N–H and O–H groups in total. The maximum atomic E-state index is 11.3. The number of hydrogen-bond donors (Lipinski definition) is 0. The molecule has 154 valence electrons. The predicted molar refractivity (Wildman–Crippen MR) is 118 cm³/mol. The number of aromatic nitrogens is 3. The van der Waals surface area contributed by atoms with E-state index in [0.717, 1.165) is 11.3 Å². The molecule has 3 rings (SSSR count). The number of carbonyl (C=O) groups excluding carboxylic acids is 1. The highest BCUT2D eigenvalue weighted by Crippen LogP contribution is 2.22. The summed E-state index contributed by atoms with van der Waals surface area (Å²) in [6.45, 7) is 2.80. The highest BCUT2D eigenvalue weighted by atomic mass is 16.5. The van der Waals surface area contributed by atoms with Crippen molar-refractivity contribution < 1.29 is 9.53 Å². The molecule has 0 unspecified atom stereocenters. The Bertz CT molecular complexity index is 990. The third kappa shape index (κ3) is 6.13. The molecule has 2 aromatic heterocycles. The Kier molecular flexibility index (Phi) is 7.10. The van der Waals surface area contributed by atoms with Crippen molar-refractivity contribution in [3.8, 4) is 11.6 Å². The molecule has 1 amide bonds. The second-order valence-corrected chi connectivity index (χ2v) is 6.84. The number of rotatable bonds is 8. The molecule has 0 aliphatic rings. The zero-order chi connectivity index (χ0) is 21.3. The minimum atomic E-state index is 0.0323. The number of likely N-dealkylation sites (N-methyl/N-ethyl adjacent to an activating group) is 2. The van der Waals surface area contributed by atoms with Gasteiger partial charge in [0.15, 0.2) is 5.82 Å². The average molecular weight is 403 g/mol. The van der Waals surface area contributed by atoms with Crippen molar-refractivity contribution in [2.45, 2.75) is 6.92 Å².